The molecular formula is C21H22Cl3NO2. The van der Waals surface area contributed by atoms with Crippen LogP contribution in [0.5, 0.6) is 0 Å². The average Bonchev–Trinajstić information content (AvgIpc) is 2.68. The molecule has 3 rings (SSSR count). The predicted octanol–water partition coefficient (Wildman–Crippen LogP) is 5.44. The minimum absolute atomic E-state index is 0.000984. The average molecular weight is 427 g/mol. The Kier molecular flexibility index (Phi) is 7.04. The Labute approximate surface area is 175 Å². The minimum atomic E-state index is -0.146. The molecule has 0 radical (unpaired) electrons. The van der Waals surface area contributed by atoms with E-state index in [0.29, 0.717) is 47.7 Å². The van der Waals surface area contributed by atoms with Crippen molar-refractivity contribution in [3.8, 4) is 0 Å². The van der Waals surface area contributed by atoms with Crippen molar-refractivity contribution >= 4 is 40.7 Å². The van der Waals surface area contributed by atoms with Crippen molar-refractivity contribution in [3.63, 3.8) is 0 Å². The normalized spacial score (nSPS) is 16.1. The number of amides is 1. The number of carbonyl (C=O) groups excluding carboxylic acids is 1. The number of benzene rings is 2. The number of aryl methyl sites for hydroxylation is 1. The summed E-state index contributed by atoms with van der Waals surface area (Å²) in [6.45, 7) is 1.93. The molecule has 1 aliphatic heterocycles. The zero-order valence-corrected chi connectivity index (χ0v) is 17.2. The van der Waals surface area contributed by atoms with E-state index in [1.54, 1.807) is 6.07 Å². The molecule has 0 bridgehead atoms. The second-order valence-corrected chi connectivity index (χ2v) is 8.11. The molecule has 0 spiro atoms. The van der Waals surface area contributed by atoms with E-state index in [4.69, 9.17) is 39.5 Å². The van der Waals surface area contributed by atoms with Gasteiger partial charge in [0.15, 0.2) is 0 Å². The lowest BCUT2D eigenvalue weighted by Gasteiger charge is -2.38. The molecule has 0 atom stereocenters. The fourth-order valence-electron chi connectivity index (χ4n) is 3.49. The van der Waals surface area contributed by atoms with Gasteiger partial charge in [-0.05, 0) is 48.6 Å². The van der Waals surface area contributed by atoms with Crippen LogP contribution in [0.1, 0.15) is 30.4 Å². The molecule has 0 unspecified atom stereocenters. The van der Waals surface area contributed by atoms with Gasteiger partial charge < -0.3 is 10.1 Å². The van der Waals surface area contributed by atoms with Crippen molar-refractivity contribution < 1.29 is 9.53 Å². The lowest BCUT2D eigenvalue weighted by molar-refractivity contribution is -0.121. The Morgan fingerprint density at radius 1 is 1.07 bits per heavy atom. The standard InChI is InChI=1S/C21H22Cl3NO2/c22-17-5-2-4-16(13-17)21(9-11-27-12-10-21)14-25-19(26)8-7-15-3-1-6-18(23)20(15)24/h1-6,13H,7-12,14H2,(H,25,26). The smallest absolute Gasteiger partial charge is 0.220 e. The first-order valence-corrected chi connectivity index (χ1v) is 10.2. The second-order valence-electron chi connectivity index (χ2n) is 6.89. The molecule has 144 valence electrons. The highest BCUT2D eigenvalue weighted by atomic mass is 35.5. The molecule has 6 heteroatoms. The van der Waals surface area contributed by atoms with Gasteiger partial charge in [0.2, 0.25) is 5.91 Å². The van der Waals surface area contributed by atoms with Gasteiger partial charge in [0.05, 0.1) is 10.0 Å². The van der Waals surface area contributed by atoms with Gasteiger partial charge in [-0.3, -0.25) is 4.79 Å². The largest absolute Gasteiger partial charge is 0.381 e. The molecule has 1 heterocycles. The van der Waals surface area contributed by atoms with Crippen LogP contribution >= 0.6 is 34.8 Å². The van der Waals surface area contributed by atoms with E-state index in [1.165, 1.54) is 0 Å². The van der Waals surface area contributed by atoms with E-state index in [0.717, 1.165) is 24.0 Å². The molecular weight excluding hydrogens is 405 g/mol. The van der Waals surface area contributed by atoms with Gasteiger partial charge in [-0.15, -0.1) is 0 Å². The number of ether oxygens (including phenoxy) is 1. The molecule has 3 nitrogen and oxygen atoms in total. The maximum atomic E-state index is 12.5. The molecule has 2 aromatic rings. The molecule has 1 N–H and O–H groups in total. The van der Waals surface area contributed by atoms with Crippen molar-refractivity contribution in [3.05, 3.63) is 68.7 Å². The summed E-state index contributed by atoms with van der Waals surface area (Å²) in [4.78, 5) is 12.5. The highest BCUT2D eigenvalue weighted by Crippen LogP contribution is 2.35. The van der Waals surface area contributed by atoms with Gasteiger partial charge in [0.25, 0.3) is 0 Å². The molecule has 1 saturated heterocycles. The van der Waals surface area contributed by atoms with E-state index in [2.05, 4.69) is 11.4 Å². The maximum Gasteiger partial charge on any atom is 0.220 e. The summed E-state index contributed by atoms with van der Waals surface area (Å²) in [5.74, 6) is -0.000984. The Balaban J connectivity index is 1.63. The van der Waals surface area contributed by atoms with E-state index < -0.39 is 0 Å². The molecule has 27 heavy (non-hydrogen) atoms. The number of rotatable bonds is 6. The van der Waals surface area contributed by atoms with Crippen molar-refractivity contribution in [1.29, 1.82) is 0 Å². The molecule has 1 amide bonds. The zero-order chi connectivity index (χ0) is 19.3. The van der Waals surface area contributed by atoms with E-state index >= 15 is 0 Å². The first-order valence-electron chi connectivity index (χ1n) is 9.04. The summed E-state index contributed by atoms with van der Waals surface area (Å²) in [6.07, 6.45) is 2.63. The van der Waals surface area contributed by atoms with Gasteiger partial charge in [-0.1, -0.05) is 59.1 Å². The van der Waals surface area contributed by atoms with Gasteiger partial charge in [-0.25, -0.2) is 0 Å². The highest BCUT2D eigenvalue weighted by Gasteiger charge is 2.35. The third-order valence-corrected chi connectivity index (χ3v) is 6.26. The van der Waals surface area contributed by atoms with Crippen molar-refractivity contribution in [1.82, 2.24) is 5.32 Å². The Morgan fingerprint density at radius 3 is 2.56 bits per heavy atom. The Morgan fingerprint density at radius 2 is 1.81 bits per heavy atom. The number of hydrogen-bond donors (Lipinski definition) is 1. The first-order chi connectivity index (χ1) is 13.0. The Bertz CT molecular complexity index is 804. The van der Waals surface area contributed by atoms with Crippen LogP contribution < -0.4 is 5.32 Å². The summed E-state index contributed by atoms with van der Waals surface area (Å²) in [5.41, 5.74) is 1.89. The number of hydrogen-bond acceptors (Lipinski definition) is 2. The van der Waals surface area contributed by atoms with E-state index in [9.17, 15) is 4.79 Å². The van der Waals surface area contributed by atoms with Crippen LogP contribution in [-0.2, 0) is 21.4 Å². The molecule has 0 saturated carbocycles. The number of nitrogens with one attached hydrogen (secondary N) is 1. The van der Waals surface area contributed by atoms with Gasteiger partial charge in [0, 0.05) is 36.6 Å². The highest BCUT2D eigenvalue weighted by molar-refractivity contribution is 6.42. The van der Waals surface area contributed by atoms with Crippen LogP contribution in [0.25, 0.3) is 0 Å². The SMILES string of the molecule is O=C(CCc1cccc(Cl)c1Cl)NCC1(c2cccc(Cl)c2)CCOCC1. The quantitative estimate of drug-likeness (QED) is 0.667. The molecule has 2 aromatic carbocycles. The van der Waals surface area contributed by atoms with Crippen LogP contribution in [-0.4, -0.2) is 25.7 Å². The van der Waals surface area contributed by atoms with Gasteiger partial charge in [-0.2, -0.15) is 0 Å². The molecule has 1 fully saturated rings. The van der Waals surface area contributed by atoms with Gasteiger partial charge >= 0.3 is 0 Å². The topological polar surface area (TPSA) is 38.3 Å². The third-order valence-electron chi connectivity index (χ3n) is 5.16. The minimum Gasteiger partial charge on any atom is -0.381 e. The fourth-order valence-corrected chi connectivity index (χ4v) is 4.10. The monoisotopic (exact) mass is 425 g/mol. The summed E-state index contributed by atoms with van der Waals surface area (Å²) < 4.78 is 5.54. The fraction of sp³-hybridized carbons (Fsp3) is 0.381. The zero-order valence-electron chi connectivity index (χ0n) is 14.9. The van der Waals surface area contributed by atoms with E-state index in [1.807, 2.05) is 30.3 Å². The molecule has 0 aromatic heterocycles. The van der Waals surface area contributed by atoms with Crippen LogP contribution in [0.3, 0.4) is 0 Å². The summed E-state index contributed by atoms with van der Waals surface area (Å²) >= 11 is 18.4. The van der Waals surface area contributed by atoms with Crippen molar-refractivity contribution in [2.24, 2.45) is 0 Å². The number of halogens is 3. The summed E-state index contributed by atoms with van der Waals surface area (Å²) in [7, 11) is 0. The van der Waals surface area contributed by atoms with Gasteiger partial charge in [0.1, 0.15) is 0 Å². The van der Waals surface area contributed by atoms with Crippen LogP contribution in [0.2, 0.25) is 15.1 Å². The van der Waals surface area contributed by atoms with Crippen LogP contribution in [0, 0.1) is 0 Å². The second kappa shape index (κ2) is 9.29. The number of carbonyl (C=O) groups is 1. The molecule has 0 aliphatic carbocycles. The predicted molar refractivity (Wildman–Crippen MR) is 111 cm³/mol. The summed E-state index contributed by atoms with van der Waals surface area (Å²) in [6, 6.07) is 13.4. The van der Waals surface area contributed by atoms with Crippen molar-refractivity contribution in [2.45, 2.75) is 31.1 Å². The third kappa shape index (κ3) is 5.17. The Hall–Kier alpha value is -1.26. The van der Waals surface area contributed by atoms with Crippen LogP contribution in [0.4, 0.5) is 0 Å². The maximum absolute atomic E-state index is 12.5. The van der Waals surface area contributed by atoms with Crippen molar-refractivity contribution in [2.75, 3.05) is 19.8 Å². The lowest BCUT2D eigenvalue weighted by atomic mass is 9.74. The lowest BCUT2D eigenvalue weighted by Crippen LogP contribution is -2.44. The first kappa shape index (κ1) is 20.5. The van der Waals surface area contributed by atoms with Crippen LogP contribution in [0.15, 0.2) is 42.5 Å². The van der Waals surface area contributed by atoms with E-state index in [-0.39, 0.29) is 11.3 Å². The molecule has 1 aliphatic rings. The summed E-state index contributed by atoms with van der Waals surface area (Å²) in [5, 5.41) is 4.84.